The third kappa shape index (κ3) is 4.50. The van der Waals surface area contributed by atoms with E-state index in [9.17, 15) is 9.18 Å². The molecule has 5 nitrogen and oxygen atoms in total. The van der Waals surface area contributed by atoms with Crippen LogP contribution in [0.25, 0.3) is 0 Å². The van der Waals surface area contributed by atoms with E-state index in [0.29, 0.717) is 24.7 Å². The molecule has 1 N–H and O–H groups in total. The van der Waals surface area contributed by atoms with Gasteiger partial charge in [-0.3, -0.25) is 4.90 Å². The fourth-order valence-electron chi connectivity index (χ4n) is 3.50. The van der Waals surface area contributed by atoms with Crippen molar-refractivity contribution in [2.45, 2.75) is 37.9 Å². The summed E-state index contributed by atoms with van der Waals surface area (Å²) in [6.45, 7) is 3.98. The van der Waals surface area contributed by atoms with Crippen LogP contribution >= 0.6 is 0 Å². The molecule has 1 aliphatic heterocycles. The summed E-state index contributed by atoms with van der Waals surface area (Å²) in [6, 6.07) is 7.20. The molecule has 0 spiro atoms. The highest BCUT2D eigenvalue weighted by molar-refractivity contribution is 5.74. The highest BCUT2D eigenvalue weighted by atomic mass is 19.1. The molecule has 1 aromatic rings. The largest absolute Gasteiger partial charge is 0.336 e. The normalized spacial score (nSPS) is 22.4. The standard InChI is InChI=1S/C19H29FN4O/c1-22-10-11-23(2)17(14-22)12-21-19(25)24(16-7-5-8-16)13-15-6-3-4-9-18(15)20/h3-4,6,9,16-17H,5,7-8,10-14H2,1-2H3,(H,21,25). The van der Waals surface area contributed by atoms with Crippen LogP contribution in [-0.2, 0) is 6.54 Å². The minimum Gasteiger partial charge on any atom is -0.336 e. The predicted octanol–water partition coefficient (Wildman–Crippen LogP) is 2.14. The Kier molecular flexibility index (Phi) is 5.91. The van der Waals surface area contributed by atoms with E-state index < -0.39 is 0 Å². The molecule has 1 saturated heterocycles. The van der Waals surface area contributed by atoms with Crippen LogP contribution in [-0.4, -0.2) is 73.1 Å². The maximum Gasteiger partial charge on any atom is 0.318 e. The summed E-state index contributed by atoms with van der Waals surface area (Å²) in [5.74, 6) is -0.242. The number of carbonyl (C=O) groups is 1. The van der Waals surface area contributed by atoms with Crippen molar-refractivity contribution in [1.29, 1.82) is 0 Å². The molecule has 1 aliphatic carbocycles. The molecule has 6 heteroatoms. The summed E-state index contributed by atoms with van der Waals surface area (Å²) >= 11 is 0. The number of likely N-dealkylation sites (N-methyl/N-ethyl adjacent to an activating group) is 2. The molecule has 25 heavy (non-hydrogen) atoms. The molecular formula is C19H29FN4O. The van der Waals surface area contributed by atoms with Crippen LogP contribution in [0.4, 0.5) is 9.18 Å². The molecule has 1 unspecified atom stereocenters. The molecule has 1 aromatic carbocycles. The van der Waals surface area contributed by atoms with Crippen LogP contribution in [0.2, 0.25) is 0 Å². The SMILES string of the molecule is CN1CCN(C)C(CNC(=O)N(Cc2ccccc2F)C2CCC2)C1. The average molecular weight is 348 g/mol. The number of carbonyl (C=O) groups excluding carboxylic acids is 1. The minimum atomic E-state index is -0.242. The van der Waals surface area contributed by atoms with E-state index in [1.165, 1.54) is 6.07 Å². The van der Waals surface area contributed by atoms with Crippen molar-refractivity contribution in [3.63, 3.8) is 0 Å². The second-order valence-electron chi connectivity index (χ2n) is 7.39. The number of nitrogens with one attached hydrogen (secondary N) is 1. The number of nitrogens with zero attached hydrogens (tertiary/aromatic N) is 3. The Balaban J connectivity index is 1.60. The van der Waals surface area contributed by atoms with Gasteiger partial charge in [0.15, 0.2) is 0 Å². The lowest BCUT2D eigenvalue weighted by Crippen LogP contribution is -2.56. The fourth-order valence-corrected chi connectivity index (χ4v) is 3.50. The summed E-state index contributed by atoms with van der Waals surface area (Å²) in [5, 5.41) is 3.09. The van der Waals surface area contributed by atoms with E-state index in [-0.39, 0.29) is 17.9 Å². The minimum absolute atomic E-state index is 0.0745. The predicted molar refractivity (Wildman–Crippen MR) is 96.9 cm³/mol. The van der Waals surface area contributed by atoms with Gasteiger partial charge in [-0.15, -0.1) is 0 Å². The van der Waals surface area contributed by atoms with Crippen molar-refractivity contribution in [2.75, 3.05) is 40.3 Å². The Morgan fingerprint density at radius 2 is 2.04 bits per heavy atom. The van der Waals surface area contributed by atoms with Crippen LogP contribution < -0.4 is 5.32 Å². The van der Waals surface area contributed by atoms with Gasteiger partial charge in [0, 0.05) is 43.8 Å². The molecule has 2 fully saturated rings. The molecule has 0 aromatic heterocycles. The first-order chi connectivity index (χ1) is 12.0. The maximum atomic E-state index is 14.0. The van der Waals surface area contributed by atoms with Gasteiger partial charge in [0.2, 0.25) is 0 Å². The molecular weight excluding hydrogens is 319 g/mol. The third-order valence-electron chi connectivity index (χ3n) is 5.54. The molecule has 138 valence electrons. The van der Waals surface area contributed by atoms with Crippen LogP contribution in [0.3, 0.4) is 0 Å². The molecule has 2 aliphatic rings. The number of benzene rings is 1. The number of rotatable bonds is 5. The van der Waals surface area contributed by atoms with Gasteiger partial charge in [0.05, 0.1) is 6.54 Å². The summed E-state index contributed by atoms with van der Waals surface area (Å²) in [5.41, 5.74) is 0.582. The lowest BCUT2D eigenvalue weighted by atomic mass is 9.91. The lowest BCUT2D eigenvalue weighted by Gasteiger charge is -2.40. The Labute approximate surface area is 149 Å². The van der Waals surface area contributed by atoms with Gasteiger partial charge >= 0.3 is 6.03 Å². The zero-order valence-electron chi connectivity index (χ0n) is 15.2. The Morgan fingerprint density at radius 1 is 1.28 bits per heavy atom. The molecule has 1 heterocycles. The first-order valence-corrected chi connectivity index (χ1v) is 9.21. The van der Waals surface area contributed by atoms with Crippen LogP contribution in [0.5, 0.6) is 0 Å². The first-order valence-electron chi connectivity index (χ1n) is 9.21. The number of hydrogen-bond donors (Lipinski definition) is 1. The van der Waals surface area contributed by atoms with Crippen molar-refractivity contribution in [3.8, 4) is 0 Å². The molecule has 0 bridgehead atoms. The van der Waals surface area contributed by atoms with Gasteiger partial charge in [-0.2, -0.15) is 0 Å². The summed E-state index contributed by atoms with van der Waals surface area (Å²) in [7, 11) is 4.22. The van der Waals surface area contributed by atoms with Crippen molar-refractivity contribution < 1.29 is 9.18 Å². The van der Waals surface area contributed by atoms with Gasteiger partial charge < -0.3 is 15.1 Å². The molecule has 0 radical (unpaired) electrons. The first kappa shape index (κ1) is 18.1. The zero-order valence-corrected chi connectivity index (χ0v) is 15.2. The average Bonchev–Trinajstić information content (AvgIpc) is 2.55. The molecule has 2 amide bonds. The Hall–Kier alpha value is -1.66. The third-order valence-corrected chi connectivity index (χ3v) is 5.54. The van der Waals surface area contributed by atoms with Gasteiger partial charge in [-0.25, -0.2) is 9.18 Å². The molecule has 1 atom stereocenters. The highest BCUT2D eigenvalue weighted by Gasteiger charge is 2.30. The smallest absolute Gasteiger partial charge is 0.318 e. The highest BCUT2D eigenvalue weighted by Crippen LogP contribution is 2.27. The maximum absolute atomic E-state index is 14.0. The van der Waals surface area contributed by atoms with E-state index in [4.69, 9.17) is 0 Å². The number of urea groups is 1. The van der Waals surface area contributed by atoms with Gasteiger partial charge in [-0.1, -0.05) is 18.2 Å². The van der Waals surface area contributed by atoms with E-state index in [0.717, 1.165) is 38.9 Å². The fraction of sp³-hybridized carbons (Fsp3) is 0.632. The van der Waals surface area contributed by atoms with Crippen LogP contribution in [0, 0.1) is 5.82 Å². The van der Waals surface area contributed by atoms with Crippen molar-refractivity contribution in [2.24, 2.45) is 0 Å². The van der Waals surface area contributed by atoms with Crippen LogP contribution in [0.1, 0.15) is 24.8 Å². The van der Waals surface area contributed by atoms with Gasteiger partial charge in [0.1, 0.15) is 5.82 Å². The summed E-state index contributed by atoms with van der Waals surface area (Å²) in [6.07, 6.45) is 3.16. The summed E-state index contributed by atoms with van der Waals surface area (Å²) < 4.78 is 14.0. The van der Waals surface area contributed by atoms with E-state index in [1.54, 1.807) is 12.1 Å². The van der Waals surface area contributed by atoms with E-state index in [1.807, 2.05) is 11.0 Å². The van der Waals surface area contributed by atoms with E-state index >= 15 is 0 Å². The second-order valence-corrected chi connectivity index (χ2v) is 7.39. The number of hydrogen-bond acceptors (Lipinski definition) is 3. The van der Waals surface area contributed by atoms with Gasteiger partial charge in [0.25, 0.3) is 0 Å². The molecule has 3 rings (SSSR count). The zero-order chi connectivity index (χ0) is 17.8. The van der Waals surface area contributed by atoms with Crippen molar-refractivity contribution >= 4 is 6.03 Å². The topological polar surface area (TPSA) is 38.8 Å². The van der Waals surface area contributed by atoms with E-state index in [2.05, 4.69) is 29.2 Å². The monoisotopic (exact) mass is 348 g/mol. The van der Waals surface area contributed by atoms with Crippen LogP contribution in [0.15, 0.2) is 24.3 Å². The Morgan fingerprint density at radius 3 is 2.72 bits per heavy atom. The van der Waals surface area contributed by atoms with Gasteiger partial charge in [-0.05, 0) is 39.4 Å². The Bertz CT molecular complexity index is 593. The second kappa shape index (κ2) is 8.15. The van der Waals surface area contributed by atoms with Crippen molar-refractivity contribution in [3.05, 3.63) is 35.6 Å². The number of amides is 2. The lowest BCUT2D eigenvalue weighted by molar-refractivity contribution is 0.105. The molecule has 1 saturated carbocycles. The number of piperazine rings is 1. The summed E-state index contributed by atoms with van der Waals surface area (Å²) in [4.78, 5) is 19.2. The quantitative estimate of drug-likeness (QED) is 0.886. The number of halogens is 1. The van der Waals surface area contributed by atoms with Crippen molar-refractivity contribution in [1.82, 2.24) is 20.0 Å².